The van der Waals surface area contributed by atoms with Crippen LogP contribution in [-0.2, 0) is 14.8 Å². The van der Waals surface area contributed by atoms with Gasteiger partial charge in [-0.25, -0.2) is 13.2 Å². The molecule has 2 heterocycles. The second-order valence-corrected chi connectivity index (χ2v) is 10.7. The molecule has 31 heavy (non-hydrogen) atoms. The van der Waals surface area contributed by atoms with E-state index >= 15 is 0 Å². The van der Waals surface area contributed by atoms with Crippen LogP contribution in [0.3, 0.4) is 0 Å². The van der Waals surface area contributed by atoms with Crippen molar-refractivity contribution in [2.45, 2.75) is 44.7 Å². The Kier molecular flexibility index (Phi) is 5.10. The molecule has 0 aliphatic carbocycles. The number of rotatable bonds is 4. The molecule has 7 nitrogen and oxygen atoms in total. The van der Waals surface area contributed by atoms with E-state index in [-0.39, 0.29) is 17.3 Å². The highest BCUT2D eigenvalue weighted by Gasteiger charge is 2.49. The van der Waals surface area contributed by atoms with Crippen molar-refractivity contribution >= 4 is 16.0 Å². The van der Waals surface area contributed by atoms with Gasteiger partial charge in [-0.15, -0.1) is 0 Å². The largest absolute Gasteiger partial charge is 0.478 e. The summed E-state index contributed by atoms with van der Waals surface area (Å²) < 4.78 is 39.8. The molecule has 164 valence electrons. The first-order chi connectivity index (χ1) is 14.5. The number of aryl methyl sites for hydroxylation is 1. The number of fused-ring (bicyclic) bond motifs is 1. The monoisotopic (exact) mass is 443 g/mol. The number of sulfonamides is 1. The Morgan fingerprint density at radius 2 is 1.71 bits per heavy atom. The topological polar surface area (TPSA) is 93.1 Å². The molecule has 2 aliphatic rings. The van der Waals surface area contributed by atoms with Crippen LogP contribution < -0.4 is 9.47 Å². The maximum absolute atomic E-state index is 13.8. The number of benzene rings is 2. The van der Waals surface area contributed by atoms with Crippen molar-refractivity contribution in [3.8, 4) is 11.5 Å². The lowest BCUT2D eigenvalue weighted by Gasteiger charge is -2.37. The summed E-state index contributed by atoms with van der Waals surface area (Å²) in [5.41, 5.74) is 0.933. The summed E-state index contributed by atoms with van der Waals surface area (Å²) in [5, 5.41) is 9.97. The first-order valence-corrected chi connectivity index (χ1v) is 11.4. The molecular weight excluding hydrogens is 418 g/mol. The van der Waals surface area contributed by atoms with E-state index in [1.807, 2.05) is 27.7 Å². The van der Waals surface area contributed by atoms with Crippen LogP contribution in [0.2, 0.25) is 0 Å². The van der Waals surface area contributed by atoms with E-state index in [1.54, 1.807) is 48.5 Å². The van der Waals surface area contributed by atoms with E-state index < -0.39 is 33.5 Å². The van der Waals surface area contributed by atoms with Crippen molar-refractivity contribution in [3.63, 3.8) is 0 Å². The molecule has 4 rings (SSSR count). The number of carboxylic acids is 1. The van der Waals surface area contributed by atoms with Crippen LogP contribution in [-0.4, -0.2) is 36.6 Å². The molecule has 1 N–H and O–H groups in total. The summed E-state index contributed by atoms with van der Waals surface area (Å²) in [6.45, 7) is 7.64. The van der Waals surface area contributed by atoms with Crippen molar-refractivity contribution in [2.24, 2.45) is 5.41 Å². The molecule has 2 atom stereocenters. The normalized spacial score (nSPS) is 21.2. The Morgan fingerprint density at radius 3 is 2.32 bits per heavy atom. The molecule has 0 aromatic heterocycles. The average Bonchev–Trinajstić information content (AvgIpc) is 3.32. The van der Waals surface area contributed by atoms with Gasteiger partial charge in [-0.2, -0.15) is 4.31 Å². The van der Waals surface area contributed by atoms with Crippen LogP contribution in [0.1, 0.15) is 37.9 Å². The summed E-state index contributed by atoms with van der Waals surface area (Å²) in [7, 11) is -4.02. The third kappa shape index (κ3) is 3.70. The SMILES string of the molecule is Cc1ccc(S(=O)(=O)N2[C@@H](c3ccc4c(c3)OCO4)C(C(=O)O)=C[C@H]2C(C)(C)C)cc1. The lowest BCUT2D eigenvalue weighted by Crippen LogP contribution is -2.45. The van der Waals surface area contributed by atoms with Crippen LogP contribution in [0.4, 0.5) is 0 Å². The average molecular weight is 444 g/mol. The van der Waals surface area contributed by atoms with E-state index in [4.69, 9.17) is 9.47 Å². The minimum Gasteiger partial charge on any atom is -0.478 e. The lowest BCUT2D eigenvalue weighted by molar-refractivity contribution is -0.133. The smallest absolute Gasteiger partial charge is 0.333 e. The summed E-state index contributed by atoms with van der Waals surface area (Å²) in [6, 6.07) is 9.96. The maximum Gasteiger partial charge on any atom is 0.333 e. The number of ether oxygens (including phenoxy) is 2. The number of aliphatic carboxylic acids is 1. The highest BCUT2D eigenvalue weighted by atomic mass is 32.2. The molecule has 0 unspecified atom stereocenters. The Morgan fingerprint density at radius 1 is 1.06 bits per heavy atom. The van der Waals surface area contributed by atoms with E-state index in [1.165, 1.54) is 4.31 Å². The summed E-state index contributed by atoms with van der Waals surface area (Å²) in [5.74, 6) is -0.143. The van der Waals surface area contributed by atoms with E-state index in [9.17, 15) is 18.3 Å². The van der Waals surface area contributed by atoms with Crippen molar-refractivity contribution in [1.82, 2.24) is 4.31 Å². The molecule has 0 radical (unpaired) electrons. The highest BCUT2D eigenvalue weighted by Crippen LogP contribution is 2.47. The van der Waals surface area contributed by atoms with E-state index in [2.05, 4.69) is 0 Å². The first-order valence-electron chi connectivity index (χ1n) is 9.95. The number of hydrogen-bond acceptors (Lipinski definition) is 5. The van der Waals surface area contributed by atoms with Gasteiger partial charge in [0.1, 0.15) is 0 Å². The Hall–Kier alpha value is -2.84. The minimum absolute atomic E-state index is 0.0227. The molecular formula is C23H25NO6S. The van der Waals surface area contributed by atoms with Gasteiger partial charge < -0.3 is 14.6 Å². The van der Waals surface area contributed by atoms with E-state index in [0.29, 0.717) is 17.1 Å². The molecule has 0 saturated carbocycles. The molecule has 0 spiro atoms. The number of carboxylic acid groups (broad SMARTS) is 1. The number of hydrogen-bond donors (Lipinski definition) is 1. The zero-order valence-corrected chi connectivity index (χ0v) is 18.6. The van der Waals surface area contributed by atoms with Crippen LogP contribution in [0, 0.1) is 12.3 Å². The van der Waals surface area contributed by atoms with Gasteiger partial charge in [-0.3, -0.25) is 0 Å². The Labute approximate surface area is 182 Å². The second-order valence-electron chi connectivity index (χ2n) is 8.90. The van der Waals surface area contributed by atoms with Crippen molar-refractivity contribution in [2.75, 3.05) is 6.79 Å². The lowest BCUT2D eigenvalue weighted by atomic mass is 9.87. The predicted octanol–water partition coefficient (Wildman–Crippen LogP) is 3.90. The fourth-order valence-corrected chi connectivity index (χ4v) is 5.89. The van der Waals surface area contributed by atoms with Gasteiger partial charge in [0.15, 0.2) is 11.5 Å². The summed E-state index contributed by atoms with van der Waals surface area (Å²) in [6.07, 6.45) is 1.56. The van der Waals surface area contributed by atoms with Crippen molar-refractivity contribution in [3.05, 3.63) is 65.2 Å². The molecule has 0 saturated heterocycles. The Balaban J connectivity index is 1.91. The van der Waals surface area contributed by atoms with Crippen LogP contribution >= 0.6 is 0 Å². The quantitative estimate of drug-likeness (QED) is 0.771. The third-order valence-electron chi connectivity index (χ3n) is 5.60. The van der Waals surface area contributed by atoms with Crippen LogP contribution in [0.15, 0.2) is 59.0 Å². The van der Waals surface area contributed by atoms with Gasteiger partial charge >= 0.3 is 5.97 Å². The fourth-order valence-electron chi connectivity index (χ4n) is 3.98. The predicted molar refractivity (Wildman–Crippen MR) is 114 cm³/mol. The third-order valence-corrected chi connectivity index (χ3v) is 7.46. The molecule has 0 bridgehead atoms. The van der Waals surface area contributed by atoms with Gasteiger partial charge in [0, 0.05) is 6.04 Å². The zero-order valence-electron chi connectivity index (χ0n) is 17.8. The number of carbonyl (C=O) groups is 1. The van der Waals surface area contributed by atoms with Gasteiger partial charge in [-0.05, 0) is 42.2 Å². The van der Waals surface area contributed by atoms with Gasteiger partial charge in [0.25, 0.3) is 0 Å². The van der Waals surface area contributed by atoms with Gasteiger partial charge in [-0.1, -0.05) is 50.6 Å². The van der Waals surface area contributed by atoms with Gasteiger partial charge in [0.2, 0.25) is 16.8 Å². The molecule has 2 aromatic carbocycles. The molecule has 0 amide bonds. The Bertz CT molecular complexity index is 1160. The van der Waals surface area contributed by atoms with Crippen molar-refractivity contribution < 1.29 is 27.8 Å². The highest BCUT2D eigenvalue weighted by molar-refractivity contribution is 7.89. The first kappa shape index (κ1) is 21.4. The molecule has 8 heteroatoms. The minimum atomic E-state index is -4.02. The molecule has 2 aliphatic heterocycles. The van der Waals surface area contributed by atoms with Gasteiger partial charge in [0.05, 0.1) is 16.5 Å². The van der Waals surface area contributed by atoms with E-state index in [0.717, 1.165) is 5.56 Å². The van der Waals surface area contributed by atoms with Crippen LogP contribution in [0.5, 0.6) is 11.5 Å². The number of nitrogens with zero attached hydrogens (tertiary/aromatic N) is 1. The van der Waals surface area contributed by atoms with Crippen molar-refractivity contribution in [1.29, 1.82) is 0 Å². The summed E-state index contributed by atoms with van der Waals surface area (Å²) >= 11 is 0. The standard InChI is InChI=1S/C23H25NO6S/c1-14-5-8-16(9-6-14)31(27,28)24-20(23(2,3)4)12-17(22(25)26)21(24)15-7-10-18-19(11-15)30-13-29-18/h5-12,20-21H,13H2,1-4H3,(H,25,26)/t20-,21-/m0/s1. The fraction of sp³-hybridized carbons (Fsp3) is 0.348. The maximum atomic E-state index is 13.8. The van der Waals surface area contributed by atoms with Crippen LogP contribution in [0.25, 0.3) is 0 Å². The molecule has 2 aromatic rings. The second kappa shape index (κ2) is 7.39. The zero-order chi connectivity index (χ0) is 22.6. The molecule has 0 fully saturated rings. The summed E-state index contributed by atoms with van der Waals surface area (Å²) in [4.78, 5) is 12.3.